The van der Waals surface area contributed by atoms with Crippen LogP contribution in [0.1, 0.15) is 15.9 Å². The second-order valence-corrected chi connectivity index (χ2v) is 4.87. The normalized spacial score (nSPS) is 10.5. The van der Waals surface area contributed by atoms with Gasteiger partial charge in [-0.15, -0.1) is 0 Å². The van der Waals surface area contributed by atoms with E-state index in [1.807, 2.05) is 6.07 Å². The van der Waals surface area contributed by atoms with E-state index >= 15 is 0 Å². The van der Waals surface area contributed by atoms with Gasteiger partial charge in [0, 0.05) is 43.2 Å². The Morgan fingerprint density at radius 1 is 1.35 bits per heavy atom. The SMILES string of the molecule is Cn1ccc(C(=O)NCc2cccnc2-n2cncn2)cc1=O. The molecule has 0 saturated heterocycles. The lowest BCUT2D eigenvalue weighted by Crippen LogP contribution is -2.26. The predicted octanol–water partition coefficient (Wildman–Crippen LogP) is 0.291. The molecule has 3 aromatic heterocycles. The predicted molar refractivity (Wildman–Crippen MR) is 82.0 cm³/mol. The summed E-state index contributed by atoms with van der Waals surface area (Å²) < 4.78 is 2.93. The van der Waals surface area contributed by atoms with Gasteiger partial charge in [0.25, 0.3) is 11.5 Å². The Morgan fingerprint density at radius 2 is 2.22 bits per heavy atom. The molecule has 0 atom stereocenters. The highest BCUT2D eigenvalue weighted by atomic mass is 16.2. The number of amides is 1. The van der Waals surface area contributed by atoms with E-state index in [0.717, 1.165) is 5.56 Å². The van der Waals surface area contributed by atoms with Crippen molar-refractivity contribution in [3.05, 3.63) is 70.8 Å². The van der Waals surface area contributed by atoms with Gasteiger partial charge >= 0.3 is 0 Å². The molecule has 0 aliphatic rings. The van der Waals surface area contributed by atoms with Gasteiger partial charge in [-0.25, -0.2) is 14.6 Å². The first-order valence-corrected chi connectivity index (χ1v) is 6.89. The number of nitrogens with one attached hydrogen (secondary N) is 1. The van der Waals surface area contributed by atoms with Crippen LogP contribution < -0.4 is 10.9 Å². The Bertz CT molecular complexity index is 885. The molecule has 3 heterocycles. The van der Waals surface area contributed by atoms with E-state index < -0.39 is 0 Å². The molecule has 23 heavy (non-hydrogen) atoms. The van der Waals surface area contributed by atoms with Crippen molar-refractivity contribution in [1.82, 2.24) is 29.6 Å². The van der Waals surface area contributed by atoms with Gasteiger partial charge in [-0.2, -0.15) is 5.10 Å². The van der Waals surface area contributed by atoms with Crippen LogP contribution in [0.2, 0.25) is 0 Å². The largest absolute Gasteiger partial charge is 0.348 e. The minimum absolute atomic E-state index is 0.234. The zero-order valence-electron chi connectivity index (χ0n) is 12.4. The smallest absolute Gasteiger partial charge is 0.251 e. The van der Waals surface area contributed by atoms with E-state index in [9.17, 15) is 9.59 Å². The number of hydrogen-bond donors (Lipinski definition) is 1. The van der Waals surface area contributed by atoms with Crippen LogP contribution in [-0.2, 0) is 13.6 Å². The van der Waals surface area contributed by atoms with Crippen molar-refractivity contribution in [2.75, 3.05) is 0 Å². The van der Waals surface area contributed by atoms with Crippen LogP contribution in [0.3, 0.4) is 0 Å². The van der Waals surface area contributed by atoms with Crippen LogP contribution in [0.4, 0.5) is 0 Å². The van der Waals surface area contributed by atoms with Gasteiger partial charge in [0.05, 0.1) is 0 Å². The molecule has 3 aromatic rings. The Kier molecular flexibility index (Phi) is 3.96. The maximum absolute atomic E-state index is 12.2. The summed E-state index contributed by atoms with van der Waals surface area (Å²) in [6, 6.07) is 6.52. The third-order valence-electron chi connectivity index (χ3n) is 3.31. The molecule has 0 spiro atoms. The molecular formula is C15H14N6O2. The molecule has 3 rings (SSSR count). The van der Waals surface area contributed by atoms with Crippen molar-refractivity contribution in [1.29, 1.82) is 0 Å². The molecule has 116 valence electrons. The summed E-state index contributed by atoms with van der Waals surface area (Å²) in [7, 11) is 1.63. The highest BCUT2D eigenvalue weighted by molar-refractivity contribution is 5.93. The van der Waals surface area contributed by atoms with E-state index in [1.54, 1.807) is 31.6 Å². The minimum Gasteiger partial charge on any atom is -0.348 e. The fourth-order valence-electron chi connectivity index (χ4n) is 2.06. The average Bonchev–Trinajstić information content (AvgIpc) is 3.10. The highest BCUT2D eigenvalue weighted by Crippen LogP contribution is 2.09. The Labute approximate surface area is 131 Å². The number of pyridine rings is 2. The number of rotatable bonds is 4. The summed E-state index contributed by atoms with van der Waals surface area (Å²) in [5, 5.41) is 6.82. The first-order chi connectivity index (χ1) is 11.1. The maximum Gasteiger partial charge on any atom is 0.251 e. The molecule has 0 saturated carbocycles. The van der Waals surface area contributed by atoms with Crippen molar-refractivity contribution in [2.45, 2.75) is 6.54 Å². The van der Waals surface area contributed by atoms with E-state index in [0.29, 0.717) is 11.4 Å². The van der Waals surface area contributed by atoms with Crippen LogP contribution in [0.15, 0.2) is 54.1 Å². The number of carbonyl (C=O) groups excluding carboxylic acids is 1. The fraction of sp³-hybridized carbons (Fsp3) is 0.133. The lowest BCUT2D eigenvalue weighted by Gasteiger charge is -2.09. The van der Waals surface area contributed by atoms with Crippen molar-refractivity contribution in [3.8, 4) is 5.82 Å². The fourth-order valence-corrected chi connectivity index (χ4v) is 2.06. The summed E-state index contributed by atoms with van der Waals surface area (Å²) in [5.74, 6) is 0.269. The molecule has 0 aromatic carbocycles. The lowest BCUT2D eigenvalue weighted by atomic mass is 10.2. The first-order valence-electron chi connectivity index (χ1n) is 6.89. The van der Waals surface area contributed by atoms with Crippen molar-refractivity contribution in [2.24, 2.45) is 7.05 Å². The number of nitrogens with zero attached hydrogens (tertiary/aromatic N) is 5. The number of carbonyl (C=O) groups is 1. The lowest BCUT2D eigenvalue weighted by molar-refractivity contribution is 0.0950. The molecule has 0 radical (unpaired) electrons. The Balaban J connectivity index is 1.77. The topological polar surface area (TPSA) is 94.7 Å². The third kappa shape index (κ3) is 3.15. The zero-order valence-corrected chi connectivity index (χ0v) is 12.4. The van der Waals surface area contributed by atoms with Crippen LogP contribution in [0, 0.1) is 0 Å². The second-order valence-electron chi connectivity index (χ2n) is 4.87. The molecule has 0 bridgehead atoms. The average molecular weight is 310 g/mol. The van der Waals surface area contributed by atoms with Crippen LogP contribution in [0.5, 0.6) is 0 Å². The van der Waals surface area contributed by atoms with Gasteiger partial charge in [0.2, 0.25) is 0 Å². The van der Waals surface area contributed by atoms with E-state index in [-0.39, 0.29) is 18.0 Å². The Morgan fingerprint density at radius 3 is 2.96 bits per heavy atom. The van der Waals surface area contributed by atoms with Crippen molar-refractivity contribution < 1.29 is 4.79 Å². The van der Waals surface area contributed by atoms with E-state index in [4.69, 9.17) is 0 Å². The van der Waals surface area contributed by atoms with Gasteiger partial charge in [-0.3, -0.25) is 9.59 Å². The molecule has 0 unspecified atom stereocenters. The number of aryl methyl sites for hydroxylation is 1. The standard InChI is InChI=1S/C15H14N6O2/c1-20-6-4-11(7-13(20)22)15(23)18-8-12-3-2-5-17-14(12)21-10-16-9-19-21/h2-7,9-10H,8H2,1H3,(H,18,23). The summed E-state index contributed by atoms with van der Waals surface area (Å²) in [4.78, 5) is 31.9. The molecule has 0 fully saturated rings. The van der Waals surface area contributed by atoms with Gasteiger partial charge in [0.1, 0.15) is 12.7 Å². The van der Waals surface area contributed by atoms with Crippen LogP contribution >= 0.6 is 0 Å². The summed E-state index contributed by atoms with van der Waals surface area (Å²) in [6.07, 6.45) is 6.15. The summed E-state index contributed by atoms with van der Waals surface area (Å²) in [5.41, 5.74) is 0.872. The van der Waals surface area contributed by atoms with E-state index in [1.165, 1.54) is 28.0 Å². The molecule has 8 nitrogen and oxygen atoms in total. The van der Waals surface area contributed by atoms with E-state index in [2.05, 4.69) is 20.4 Å². The molecule has 8 heteroatoms. The van der Waals surface area contributed by atoms with Gasteiger partial charge in [0.15, 0.2) is 5.82 Å². The maximum atomic E-state index is 12.2. The number of hydrogen-bond acceptors (Lipinski definition) is 5. The molecule has 0 aliphatic carbocycles. The molecular weight excluding hydrogens is 296 g/mol. The van der Waals surface area contributed by atoms with Gasteiger partial charge < -0.3 is 9.88 Å². The van der Waals surface area contributed by atoms with Crippen molar-refractivity contribution >= 4 is 5.91 Å². The first kappa shape index (κ1) is 14.6. The Hall–Kier alpha value is -3.29. The monoisotopic (exact) mass is 310 g/mol. The highest BCUT2D eigenvalue weighted by Gasteiger charge is 2.10. The third-order valence-corrected chi connectivity index (χ3v) is 3.31. The molecule has 1 amide bonds. The van der Waals surface area contributed by atoms with Gasteiger partial charge in [-0.1, -0.05) is 6.07 Å². The summed E-state index contributed by atoms with van der Waals surface area (Å²) >= 11 is 0. The molecule has 1 N–H and O–H groups in total. The van der Waals surface area contributed by atoms with Crippen molar-refractivity contribution in [3.63, 3.8) is 0 Å². The molecule has 0 aliphatic heterocycles. The van der Waals surface area contributed by atoms with Gasteiger partial charge in [-0.05, 0) is 12.1 Å². The number of aromatic nitrogens is 5. The quantitative estimate of drug-likeness (QED) is 0.747. The summed E-state index contributed by atoms with van der Waals surface area (Å²) in [6.45, 7) is 0.261. The van der Waals surface area contributed by atoms with Crippen LogP contribution in [-0.4, -0.2) is 30.2 Å². The van der Waals surface area contributed by atoms with Crippen LogP contribution in [0.25, 0.3) is 5.82 Å². The second kappa shape index (κ2) is 6.22. The minimum atomic E-state index is -0.323. The zero-order chi connectivity index (χ0) is 16.2.